The Labute approximate surface area is 165 Å². The number of hydrogen-bond acceptors (Lipinski definition) is 5. The summed E-state index contributed by atoms with van der Waals surface area (Å²) in [5, 5.41) is 3.03. The van der Waals surface area contributed by atoms with Gasteiger partial charge in [0.25, 0.3) is 0 Å². The number of furan rings is 1. The molecule has 2 amide bonds. The van der Waals surface area contributed by atoms with E-state index < -0.39 is 0 Å². The van der Waals surface area contributed by atoms with Gasteiger partial charge in [0.2, 0.25) is 0 Å². The Hall–Kier alpha value is -2.80. The summed E-state index contributed by atoms with van der Waals surface area (Å²) in [5.41, 5.74) is 1.80. The molecule has 1 fully saturated rings. The van der Waals surface area contributed by atoms with Crippen LogP contribution in [0, 0.1) is 0 Å². The lowest BCUT2D eigenvalue weighted by Gasteiger charge is -2.36. The summed E-state index contributed by atoms with van der Waals surface area (Å²) in [7, 11) is 3.94. The van der Waals surface area contributed by atoms with E-state index in [-0.39, 0.29) is 17.9 Å². The fourth-order valence-electron chi connectivity index (χ4n) is 3.39. The number of piperazine rings is 1. The Morgan fingerprint density at radius 2 is 1.79 bits per heavy atom. The van der Waals surface area contributed by atoms with Gasteiger partial charge >= 0.3 is 6.03 Å². The Balaban J connectivity index is 1.50. The van der Waals surface area contributed by atoms with Crippen molar-refractivity contribution in [3.05, 3.63) is 54.0 Å². The van der Waals surface area contributed by atoms with Crippen LogP contribution in [0.5, 0.6) is 0 Å². The number of amides is 2. The highest BCUT2D eigenvalue weighted by atomic mass is 16.3. The quantitative estimate of drug-likeness (QED) is 0.776. The van der Waals surface area contributed by atoms with Crippen LogP contribution in [-0.4, -0.2) is 68.4 Å². The Bertz CT molecular complexity index is 778. The van der Waals surface area contributed by atoms with Crippen LogP contribution >= 0.6 is 0 Å². The topological polar surface area (TPSA) is 69.0 Å². The van der Waals surface area contributed by atoms with Gasteiger partial charge in [-0.05, 0) is 57.4 Å². The molecular weight excluding hydrogens is 356 g/mol. The van der Waals surface area contributed by atoms with Gasteiger partial charge in [-0.1, -0.05) is 0 Å². The standard InChI is InChI=1S/C21H28N4O3/c1-16(26)17-6-8-18(9-7-17)24-10-12-25(13-11-24)21(27)22-15-19(23(2)3)20-5-4-14-28-20/h4-9,14,19H,10-13,15H2,1-3H3,(H,22,27). The summed E-state index contributed by atoms with van der Waals surface area (Å²) in [6, 6.07) is 11.4. The third-order valence-electron chi connectivity index (χ3n) is 5.15. The van der Waals surface area contributed by atoms with Gasteiger partial charge in [-0.25, -0.2) is 4.79 Å². The van der Waals surface area contributed by atoms with Gasteiger partial charge in [0.1, 0.15) is 5.76 Å². The third kappa shape index (κ3) is 4.72. The van der Waals surface area contributed by atoms with Crippen molar-refractivity contribution in [3.8, 4) is 0 Å². The zero-order chi connectivity index (χ0) is 20.1. The van der Waals surface area contributed by atoms with Crippen LogP contribution in [0.2, 0.25) is 0 Å². The third-order valence-corrected chi connectivity index (χ3v) is 5.15. The normalized spacial score (nSPS) is 15.6. The highest BCUT2D eigenvalue weighted by Gasteiger charge is 2.23. The largest absolute Gasteiger partial charge is 0.468 e. The fraction of sp³-hybridized carbons (Fsp3) is 0.429. The summed E-state index contributed by atoms with van der Waals surface area (Å²) in [5.74, 6) is 0.905. The SMILES string of the molecule is CC(=O)c1ccc(N2CCN(C(=O)NCC(c3ccco3)N(C)C)CC2)cc1. The number of Topliss-reactive ketones (excluding diaryl/α,β-unsaturated/α-hetero) is 1. The molecule has 0 radical (unpaired) electrons. The number of hydrogen-bond donors (Lipinski definition) is 1. The van der Waals surface area contributed by atoms with E-state index in [1.54, 1.807) is 13.2 Å². The van der Waals surface area contributed by atoms with Gasteiger partial charge in [0.15, 0.2) is 5.78 Å². The van der Waals surface area contributed by atoms with E-state index in [0.717, 1.165) is 24.5 Å². The molecule has 3 rings (SSSR count). The molecule has 1 aliphatic rings. The molecule has 0 aliphatic carbocycles. The zero-order valence-corrected chi connectivity index (χ0v) is 16.7. The predicted molar refractivity (Wildman–Crippen MR) is 109 cm³/mol. The van der Waals surface area contributed by atoms with Crippen molar-refractivity contribution in [1.82, 2.24) is 15.1 Å². The van der Waals surface area contributed by atoms with Crippen LogP contribution in [0.4, 0.5) is 10.5 Å². The average Bonchev–Trinajstić information content (AvgIpc) is 3.22. The first-order chi connectivity index (χ1) is 13.5. The van der Waals surface area contributed by atoms with Crippen LogP contribution < -0.4 is 10.2 Å². The van der Waals surface area contributed by atoms with Gasteiger partial charge in [-0.15, -0.1) is 0 Å². The molecule has 1 aromatic carbocycles. The van der Waals surface area contributed by atoms with Crippen LogP contribution in [0.1, 0.15) is 29.1 Å². The summed E-state index contributed by atoms with van der Waals surface area (Å²) in [6.45, 7) is 4.91. The number of nitrogens with zero attached hydrogens (tertiary/aromatic N) is 3. The minimum absolute atomic E-state index is 0.0000275. The average molecular weight is 384 g/mol. The highest BCUT2D eigenvalue weighted by Crippen LogP contribution is 2.19. The highest BCUT2D eigenvalue weighted by molar-refractivity contribution is 5.94. The lowest BCUT2D eigenvalue weighted by Crippen LogP contribution is -2.52. The molecule has 0 saturated carbocycles. The lowest BCUT2D eigenvalue weighted by molar-refractivity contribution is 0.101. The van der Waals surface area contributed by atoms with Crippen LogP contribution in [0.25, 0.3) is 0 Å². The van der Waals surface area contributed by atoms with Crippen molar-refractivity contribution >= 4 is 17.5 Å². The van der Waals surface area contributed by atoms with E-state index in [4.69, 9.17) is 4.42 Å². The minimum Gasteiger partial charge on any atom is -0.468 e. The van der Waals surface area contributed by atoms with Gasteiger partial charge in [0, 0.05) is 44.0 Å². The summed E-state index contributed by atoms with van der Waals surface area (Å²) >= 11 is 0. The first kappa shape index (κ1) is 19.9. The van der Waals surface area contributed by atoms with Gasteiger partial charge in [-0.3, -0.25) is 9.69 Å². The second-order valence-corrected chi connectivity index (χ2v) is 7.26. The van der Waals surface area contributed by atoms with E-state index in [1.807, 2.05) is 60.3 Å². The Morgan fingerprint density at radius 3 is 2.32 bits per heavy atom. The molecule has 2 heterocycles. The number of nitrogens with one attached hydrogen (secondary N) is 1. The molecule has 0 bridgehead atoms. The molecule has 1 atom stereocenters. The molecule has 1 unspecified atom stereocenters. The Kier molecular flexibility index (Phi) is 6.36. The van der Waals surface area contributed by atoms with Gasteiger partial charge in [0.05, 0.1) is 12.3 Å². The molecule has 1 aromatic heterocycles. The monoisotopic (exact) mass is 384 g/mol. The number of carbonyl (C=O) groups excluding carboxylic acids is 2. The maximum absolute atomic E-state index is 12.6. The van der Waals surface area contributed by atoms with Crippen LogP contribution in [0.3, 0.4) is 0 Å². The van der Waals surface area contributed by atoms with Gasteiger partial charge < -0.3 is 19.5 Å². The van der Waals surface area contributed by atoms with E-state index in [9.17, 15) is 9.59 Å². The molecule has 150 valence electrons. The molecule has 28 heavy (non-hydrogen) atoms. The predicted octanol–water partition coefficient (Wildman–Crippen LogP) is 2.62. The molecule has 2 aromatic rings. The first-order valence-corrected chi connectivity index (χ1v) is 9.54. The number of ketones is 1. The van der Waals surface area contributed by atoms with Crippen molar-refractivity contribution in [3.63, 3.8) is 0 Å². The second-order valence-electron chi connectivity index (χ2n) is 7.26. The van der Waals surface area contributed by atoms with E-state index in [1.165, 1.54) is 0 Å². The molecule has 1 N–H and O–H groups in total. The molecule has 1 saturated heterocycles. The maximum atomic E-state index is 12.6. The van der Waals surface area contributed by atoms with E-state index in [0.29, 0.717) is 25.2 Å². The number of likely N-dealkylation sites (N-methyl/N-ethyl adjacent to an activating group) is 1. The van der Waals surface area contributed by atoms with Crippen LogP contribution in [-0.2, 0) is 0 Å². The van der Waals surface area contributed by atoms with Crippen molar-refractivity contribution in [1.29, 1.82) is 0 Å². The molecule has 0 spiro atoms. The second kappa shape index (κ2) is 8.93. The molecular formula is C21H28N4O3. The number of urea groups is 1. The lowest BCUT2D eigenvalue weighted by atomic mass is 10.1. The maximum Gasteiger partial charge on any atom is 0.317 e. The number of benzene rings is 1. The number of anilines is 1. The van der Waals surface area contributed by atoms with Gasteiger partial charge in [-0.2, -0.15) is 0 Å². The molecule has 7 heteroatoms. The summed E-state index contributed by atoms with van der Waals surface area (Å²) < 4.78 is 5.49. The van der Waals surface area contributed by atoms with Crippen LogP contribution in [0.15, 0.2) is 47.1 Å². The van der Waals surface area contributed by atoms with Crippen molar-refractivity contribution in [2.45, 2.75) is 13.0 Å². The molecule has 7 nitrogen and oxygen atoms in total. The zero-order valence-electron chi connectivity index (χ0n) is 16.7. The van der Waals surface area contributed by atoms with E-state index in [2.05, 4.69) is 10.2 Å². The number of rotatable bonds is 6. The van der Waals surface area contributed by atoms with Crippen molar-refractivity contribution in [2.75, 3.05) is 51.7 Å². The number of carbonyl (C=O) groups is 2. The summed E-state index contributed by atoms with van der Waals surface area (Å²) in [4.78, 5) is 30.1. The van der Waals surface area contributed by atoms with Crippen molar-refractivity contribution < 1.29 is 14.0 Å². The molecule has 1 aliphatic heterocycles. The summed E-state index contributed by atoms with van der Waals surface area (Å²) in [6.07, 6.45) is 1.65. The van der Waals surface area contributed by atoms with Crippen molar-refractivity contribution in [2.24, 2.45) is 0 Å². The Morgan fingerprint density at radius 1 is 1.11 bits per heavy atom. The fourth-order valence-corrected chi connectivity index (χ4v) is 3.39. The smallest absolute Gasteiger partial charge is 0.317 e. The van der Waals surface area contributed by atoms with E-state index >= 15 is 0 Å². The first-order valence-electron chi connectivity index (χ1n) is 9.54. The minimum atomic E-state index is -0.0509.